The summed E-state index contributed by atoms with van der Waals surface area (Å²) in [6.07, 6.45) is 3.14. The van der Waals surface area contributed by atoms with Crippen LogP contribution in [0.3, 0.4) is 0 Å². The fraction of sp³-hybridized carbons (Fsp3) is 0.692. The molecule has 20 heavy (non-hydrogen) atoms. The monoisotopic (exact) mass is 316 g/mol. The van der Waals surface area contributed by atoms with Crippen molar-refractivity contribution in [1.29, 1.82) is 0 Å². The highest BCUT2D eigenvalue weighted by Gasteiger charge is 2.42. The fourth-order valence-corrected chi connectivity index (χ4v) is 6.00. The van der Waals surface area contributed by atoms with Crippen molar-refractivity contribution < 1.29 is 13.2 Å². The lowest BCUT2D eigenvalue weighted by molar-refractivity contribution is 0.0996. The molecule has 3 heterocycles. The Hall–Kier alpha value is -0.470. The van der Waals surface area contributed by atoms with Crippen molar-refractivity contribution in [2.45, 2.75) is 55.9 Å². The lowest BCUT2D eigenvalue weighted by atomic mass is 9.96. The molecule has 3 atom stereocenters. The van der Waals surface area contributed by atoms with E-state index in [9.17, 15) is 8.42 Å². The van der Waals surface area contributed by atoms with Crippen molar-refractivity contribution in [2.75, 3.05) is 7.05 Å². The molecule has 5 nitrogen and oxygen atoms in total. The van der Waals surface area contributed by atoms with E-state index in [0.717, 1.165) is 29.0 Å². The minimum Gasteiger partial charge on any atom is -0.373 e. The molecule has 0 aliphatic carbocycles. The molecule has 0 saturated carbocycles. The maximum atomic E-state index is 12.5. The summed E-state index contributed by atoms with van der Waals surface area (Å²) in [6.45, 7) is 2.55. The van der Waals surface area contributed by atoms with Gasteiger partial charge in [0.2, 0.25) is 10.0 Å². The van der Waals surface area contributed by atoms with Crippen molar-refractivity contribution in [2.24, 2.45) is 0 Å². The minimum atomic E-state index is -3.44. The zero-order chi connectivity index (χ0) is 14.3. The molecule has 7 heteroatoms. The van der Waals surface area contributed by atoms with Crippen LogP contribution in [0.5, 0.6) is 0 Å². The van der Waals surface area contributed by atoms with Crippen molar-refractivity contribution in [3.8, 4) is 0 Å². The first-order valence-electron chi connectivity index (χ1n) is 6.91. The van der Waals surface area contributed by atoms with Gasteiger partial charge in [0.1, 0.15) is 0 Å². The first-order chi connectivity index (χ1) is 9.49. The van der Waals surface area contributed by atoms with Crippen LogP contribution in [0.15, 0.2) is 11.0 Å². The van der Waals surface area contributed by atoms with Gasteiger partial charge in [0.05, 0.1) is 23.1 Å². The van der Waals surface area contributed by atoms with Crippen molar-refractivity contribution >= 4 is 21.4 Å². The number of aryl methyl sites for hydroxylation is 1. The molecule has 1 aromatic heterocycles. The van der Waals surface area contributed by atoms with E-state index in [-0.39, 0.29) is 18.2 Å². The Kier molecular flexibility index (Phi) is 3.89. The number of fused-ring (bicyclic) bond motifs is 2. The molecule has 3 unspecified atom stereocenters. The minimum absolute atomic E-state index is 0.0606. The van der Waals surface area contributed by atoms with Gasteiger partial charge in [-0.3, -0.25) is 0 Å². The van der Waals surface area contributed by atoms with E-state index in [1.165, 1.54) is 11.3 Å². The number of rotatable bonds is 5. The Morgan fingerprint density at radius 3 is 2.85 bits per heavy atom. The first-order valence-corrected chi connectivity index (χ1v) is 9.21. The Morgan fingerprint density at radius 2 is 2.25 bits per heavy atom. The Labute approximate surface area is 123 Å². The Morgan fingerprint density at radius 1 is 1.45 bits per heavy atom. The molecule has 2 aliphatic rings. The van der Waals surface area contributed by atoms with Crippen LogP contribution in [0.2, 0.25) is 0 Å². The summed E-state index contributed by atoms with van der Waals surface area (Å²) < 4.78 is 33.6. The lowest BCUT2D eigenvalue weighted by Crippen LogP contribution is -2.41. The van der Waals surface area contributed by atoms with E-state index in [1.54, 1.807) is 6.07 Å². The van der Waals surface area contributed by atoms with Crippen LogP contribution in [0.1, 0.15) is 29.0 Å². The first kappa shape index (κ1) is 14.5. The Bertz CT molecular complexity index is 597. The molecule has 0 spiro atoms. The van der Waals surface area contributed by atoms with Crippen LogP contribution >= 0.6 is 11.3 Å². The highest BCUT2D eigenvalue weighted by atomic mass is 32.2. The summed E-state index contributed by atoms with van der Waals surface area (Å²) in [4.78, 5) is 2.29. The van der Waals surface area contributed by atoms with Crippen molar-refractivity contribution in [3.05, 3.63) is 15.8 Å². The predicted molar refractivity (Wildman–Crippen MR) is 78.4 cm³/mol. The highest BCUT2D eigenvalue weighted by Crippen LogP contribution is 2.35. The van der Waals surface area contributed by atoms with Gasteiger partial charge in [-0.05, 0) is 39.3 Å². The number of hydrogen-bond donors (Lipinski definition) is 2. The van der Waals surface area contributed by atoms with Crippen LogP contribution in [0, 0.1) is 6.92 Å². The molecular formula is C13H20N2O3S2. The molecule has 2 aliphatic heterocycles. The van der Waals surface area contributed by atoms with E-state index in [1.807, 2.05) is 14.0 Å². The summed E-state index contributed by atoms with van der Waals surface area (Å²) >= 11 is 1.53. The molecule has 2 saturated heterocycles. The molecule has 1 aromatic rings. The van der Waals surface area contributed by atoms with Gasteiger partial charge in [-0.1, -0.05) is 0 Å². The normalized spacial score (nSPS) is 29.2. The number of thiophene rings is 1. The largest absolute Gasteiger partial charge is 0.373 e. The van der Waals surface area contributed by atoms with E-state index >= 15 is 0 Å². The second kappa shape index (κ2) is 5.38. The molecule has 0 aromatic carbocycles. The summed E-state index contributed by atoms with van der Waals surface area (Å²) in [5.41, 5.74) is 0. The third-order valence-electron chi connectivity index (χ3n) is 3.98. The molecule has 2 bridgehead atoms. The zero-order valence-electron chi connectivity index (χ0n) is 11.7. The quantitative estimate of drug-likeness (QED) is 0.861. The average Bonchev–Trinajstić information content (AvgIpc) is 3.04. The van der Waals surface area contributed by atoms with Gasteiger partial charge in [-0.15, -0.1) is 11.3 Å². The Balaban J connectivity index is 1.78. The van der Waals surface area contributed by atoms with E-state index in [2.05, 4.69) is 10.0 Å². The van der Waals surface area contributed by atoms with E-state index in [0.29, 0.717) is 11.4 Å². The topological polar surface area (TPSA) is 67.4 Å². The predicted octanol–water partition coefficient (Wildman–Crippen LogP) is 1.37. The van der Waals surface area contributed by atoms with Crippen molar-refractivity contribution in [1.82, 2.24) is 10.0 Å². The van der Waals surface area contributed by atoms with Crippen molar-refractivity contribution in [3.63, 3.8) is 0 Å². The van der Waals surface area contributed by atoms with Gasteiger partial charge in [0.25, 0.3) is 0 Å². The number of nitrogens with one attached hydrogen (secondary N) is 2. The summed E-state index contributed by atoms with van der Waals surface area (Å²) in [5, 5.41) is 3.05. The average molecular weight is 316 g/mol. The standard InChI is InChI=1S/C13H20N2O3S2/c1-8-13(6-10(19-8)7-14-2)20(16,17)15-11-5-9-3-4-12(11)18-9/h6,9,11-12,14-15H,3-5,7H2,1-2H3. The summed E-state index contributed by atoms with van der Waals surface area (Å²) in [6, 6.07) is 1.71. The SMILES string of the molecule is CNCc1cc(S(=O)(=O)NC2CC3CCC2O3)c(C)s1. The van der Waals surface area contributed by atoms with Gasteiger partial charge < -0.3 is 10.1 Å². The number of sulfonamides is 1. The third-order valence-corrected chi connectivity index (χ3v) is 6.77. The fourth-order valence-electron chi connectivity index (χ4n) is 3.08. The van der Waals surface area contributed by atoms with Crippen LogP contribution in [0.25, 0.3) is 0 Å². The number of hydrogen-bond acceptors (Lipinski definition) is 5. The van der Waals surface area contributed by atoms with E-state index in [4.69, 9.17) is 4.74 Å². The maximum absolute atomic E-state index is 12.5. The second-order valence-corrected chi connectivity index (χ2v) is 8.52. The number of ether oxygens (including phenoxy) is 1. The smallest absolute Gasteiger partial charge is 0.242 e. The molecule has 0 radical (unpaired) electrons. The molecule has 0 amide bonds. The van der Waals surface area contributed by atoms with Crippen LogP contribution in [0.4, 0.5) is 0 Å². The van der Waals surface area contributed by atoms with Crippen LogP contribution in [-0.4, -0.2) is 33.7 Å². The molecule has 3 rings (SSSR count). The van der Waals surface area contributed by atoms with Crippen LogP contribution < -0.4 is 10.0 Å². The summed E-state index contributed by atoms with van der Waals surface area (Å²) in [7, 11) is -1.59. The van der Waals surface area contributed by atoms with E-state index < -0.39 is 10.0 Å². The third kappa shape index (κ3) is 2.65. The van der Waals surface area contributed by atoms with Gasteiger partial charge in [0.15, 0.2) is 0 Å². The van der Waals surface area contributed by atoms with Gasteiger partial charge >= 0.3 is 0 Å². The molecule has 2 fully saturated rings. The van der Waals surface area contributed by atoms with Crippen LogP contribution in [-0.2, 0) is 21.3 Å². The summed E-state index contributed by atoms with van der Waals surface area (Å²) in [5.74, 6) is 0. The molecule has 2 N–H and O–H groups in total. The van der Waals surface area contributed by atoms with Gasteiger partial charge in [0, 0.05) is 16.3 Å². The highest BCUT2D eigenvalue weighted by molar-refractivity contribution is 7.89. The lowest BCUT2D eigenvalue weighted by Gasteiger charge is -2.19. The zero-order valence-corrected chi connectivity index (χ0v) is 13.3. The second-order valence-electron chi connectivity index (χ2n) is 5.50. The van der Waals surface area contributed by atoms with Gasteiger partial charge in [-0.25, -0.2) is 13.1 Å². The molecule has 112 valence electrons. The van der Waals surface area contributed by atoms with Gasteiger partial charge in [-0.2, -0.15) is 0 Å². The maximum Gasteiger partial charge on any atom is 0.242 e. The molecular weight excluding hydrogens is 296 g/mol.